The van der Waals surface area contributed by atoms with Crippen LogP contribution in [0.4, 0.5) is 0 Å². The Kier molecular flexibility index (Phi) is 15.0. The van der Waals surface area contributed by atoms with Gasteiger partial charge in [0.15, 0.2) is 5.78 Å². The van der Waals surface area contributed by atoms with Crippen molar-refractivity contribution in [2.24, 2.45) is 0 Å². The highest BCUT2D eigenvalue weighted by molar-refractivity contribution is 6.37. The Morgan fingerprint density at radius 2 is 0.953 bits per heavy atom. The zero-order valence-corrected chi connectivity index (χ0v) is 36.1. The highest BCUT2D eigenvalue weighted by Crippen LogP contribution is 2.44. The molecule has 7 N–H and O–H groups in total. The number of aromatic nitrogens is 4. The summed E-state index contributed by atoms with van der Waals surface area (Å²) in [6, 6.07) is 30.5. The molecule has 0 spiro atoms. The van der Waals surface area contributed by atoms with Crippen molar-refractivity contribution >= 4 is 60.7 Å². The number of carbonyl (C=O) groups is 3. The maximum atomic E-state index is 13.7. The minimum Gasteiger partial charge on any atom is -0.545 e. The van der Waals surface area contributed by atoms with Gasteiger partial charge in [0.2, 0.25) is 0 Å². The van der Waals surface area contributed by atoms with Gasteiger partial charge in [0, 0.05) is 97.5 Å². The number of Topliss-reactive ketones (excluding diaryl/α,β-unsaturated/α-hetero) is 1. The molecule has 0 unspecified atom stereocenters. The molecule has 11 nitrogen and oxygen atoms in total. The van der Waals surface area contributed by atoms with Gasteiger partial charge in [0.05, 0.1) is 19.1 Å². The van der Waals surface area contributed by atoms with Crippen molar-refractivity contribution < 1.29 is 31.0 Å². The Hall–Kier alpha value is -7.47. The molecule has 9 aromatic rings. The van der Waals surface area contributed by atoms with E-state index in [0.717, 1.165) is 74.9 Å². The SMILES string of the molecule is Cc1ccc2c3ccc(C(=O)CCCc4cccnc4)c4c(C(=O)[O-])ccc(c5ccc(C(=O)NCCc6cccnc6)c1c52)c43.[NH3+]CCc1cccnc1.[NH3+]CCc1cccnc1. The first-order valence-electron chi connectivity index (χ1n) is 21.6. The second kappa shape index (κ2) is 21.6. The topological polar surface area (TPSA) is 193 Å². The normalized spacial score (nSPS) is 10.9. The number of quaternary nitrogens is 2. The lowest BCUT2D eigenvalue weighted by atomic mass is 9.83. The Morgan fingerprint density at radius 3 is 1.42 bits per heavy atom. The summed E-state index contributed by atoms with van der Waals surface area (Å²) in [5.41, 5.74) is 14.1. The molecular weight excluding hydrogens is 799 g/mol. The Bertz CT molecular complexity index is 2920. The van der Waals surface area contributed by atoms with E-state index in [1.807, 2.05) is 86.0 Å². The van der Waals surface area contributed by atoms with Crippen LogP contribution < -0.4 is 21.9 Å². The number of carboxylic acids is 1. The molecule has 0 fully saturated rings. The number of hydrogen-bond donors (Lipinski definition) is 3. The number of pyridine rings is 4. The summed E-state index contributed by atoms with van der Waals surface area (Å²) >= 11 is 0. The van der Waals surface area contributed by atoms with Crippen molar-refractivity contribution in [1.82, 2.24) is 25.3 Å². The summed E-state index contributed by atoms with van der Waals surface area (Å²) in [5, 5.41) is 21.8. The predicted octanol–water partition coefficient (Wildman–Crippen LogP) is 6.11. The summed E-state index contributed by atoms with van der Waals surface area (Å²) in [7, 11) is 0. The third kappa shape index (κ3) is 10.4. The Labute approximate surface area is 372 Å². The smallest absolute Gasteiger partial charge is 0.251 e. The van der Waals surface area contributed by atoms with Crippen LogP contribution in [-0.4, -0.2) is 57.2 Å². The van der Waals surface area contributed by atoms with Crippen LogP contribution in [0.25, 0.3) is 43.1 Å². The molecule has 4 heterocycles. The van der Waals surface area contributed by atoms with Crippen LogP contribution in [0.2, 0.25) is 0 Å². The van der Waals surface area contributed by atoms with E-state index in [-0.39, 0.29) is 23.7 Å². The number of rotatable bonds is 14. The zero-order valence-electron chi connectivity index (χ0n) is 36.1. The summed E-state index contributed by atoms with van der Waals surface area (Å²) in [4.78, 5) is 55.9. The minimum absolute atomic E-state index is 0.00683. The molecule has 0 radical (unpaired) electrons. The van der Waals surface area contributed by atoms with Crippen LogP contribution in [0.1, 0.15) is 71.7 Å². The van der Waals surface area contributed by atoms with Gasteiger partial charge in [0.1, 0.15) is 0 Å². The lowest BCUT2D eigenvalue weighted by Crippen LogP contribution is -2.51. The van der Waals surface area contributed by atoms with Crippen LogP contribution in [0.3, 0.4) is 0 Å². The number of hydrogen-bond acceptors (Lipinski definition) is 8. The quantitative estimate of drug-likeness (QED) is 0.0663. The molecule has 4 aromatic heterocycles. The zero-order chi connectivity index (χ0) is 44.8. The molecule has 0 saturated heterocycles. The lowest BCUT2D eigenvalue weighted by Gasteiger charge is -2.20. The standard InChI is InChI=1S/C39H31N3O4.2C7H10N2/c1-23-9-10-26-28-11-14-30(33(43)8-2-5-24-6-3-18-40-21-24)37-32(39(45)46)16-13-29(36(28)37)27-12-15-31(34(23)35(26)27)38(44)42-20-17-25-7-4-19-41-22-25;2*8-4-3-7-2-1-5-9-6-7/h3-4,6-7,9-16,18-19,21-22H,2,5,8,17,20H2,1H3,(H,42,44)(H,45,46);2*1-2,5-6H,3-4,8H2/p+1. The van der Waals surface area contributed by atoms with Gasteiger partial charge in [-0.25, -0.2) is 0 Å². The monoisotopic (exact) mass is 850 g/mol. The van der Waals surface area contributed by atoms with E-state index in [1.165, 1.54) is 17.2 Å². The van der Waals surface area contributed by atoms with Gasteiger partial charge >= 0.3 is 0 Å². The maximum Gasteiger partial charge on any atom is 0.251 e. The van der Waals surface area contributed by atoms with Crippen LogP contribution in [-0.2, 0) is 25.7 Å². The average Bonchev–Trinajstić information content (AvgIpc) is 3.32. The maximum absolute atomic E-state index is 13.7. The van der Waals surface area contributed by atoms with Crippen LogP contribution in [0.15, 0.2) is 147 Å². The number of ketones is 1. The molecule has 322 valence electrons. The summed E-state index contributed by atoms with van der Waals surface area (Å²) in [6.07, 6.45) is 18.7. The molecular formula is C53H52N7O4+. The second-order valence-corrected chi connectivity index (χ2v) is 15.6. The number of aryl methyl sites for hydroxylation is 2. The number of carboxylic acid groups (broad SMARTS) is 1. The first-order valence-corrected chi connectivity index (χ1v) is 21.6. The fraction of sp³-hybridized carbons (Fsp3) is 0.189. The van der Waals surface area contributed by atoms with Gasteiger partial charge in [-0.1, -0.05) is 66.7 Å². The highest BCUT2D eigenvalue weighted by atomic mass is 16.4. The summed E-state index contributed by atoms with van der Waals surface area (Å²) in [5.74, 6) is -1.61. The van der Waals surface area contributed by atoms with Crippen molar-refractivity contribution in [3.8, 4) is 0 Å². The van der Waals surface area contributed by atoms with E-state index in [4.69, 9.17) is 0 Å². The molecule has 0 bridgehead atoms. The van der Waals surface area contributed by atoms with Gasteiger partial charge in [-0.05, 0) is 122 Å². The molecule has 0 saturated carbocycles. The second-order valence-electron chi connectivity index (χ2n) is 15.6. The van der Waals surface area contributed by atoms with E-state index in [1.54, 1.807) is 49.3 Å². The largest absolute Gasteiger partial charge is 0.545 e. The molecule has 5 aromatic carbocycles. The molecule has 64 heavy (non-hydrogen) atoms. The average molecular weight is 851 g/mol. The number of benzene rings is 5. The van der Waals surface area contributed by atoms with Gasteiger partial charge in [-0.3, -0.25) is 29.5 Å². The molecule has 0 aliphatic rings. The minimum atomic E-state index is -1.33. The van der Waals surface area contributed by atoms with Crippen LogP contribution >= 0.6 is 0 Å². The van der Waals surface area contributed by atoms with Crippen molar-refractivity contribution in [2.75, 3.05) is 19.6 Å². The van der Waals surface area contributed by atoms with E-state index in [9.17, 15) is 19.5 Å². The van der Waals surface area contributed by atoms with Gasteiger partial charge in [0.25, 0.3) is 5.91 Å². The number of amides is 1. The third-order valence-corrected chi connectivity index (χ3v) is 11.3. The molecule has 1 amide bonds. The van der Waals surface area contributed by atoms with E-state index < -0.39 is 5.97 Å². The third-order valence-electron chi connectivity index (χ3n) is 11.3. The molecule has 0 aliphatic carbocycles. The molecule has 0 atom stereocenters. The number of aromatic carboxylic acids is 1. The molecule has 11 heteroatoms. The van der Waals surface area contributed by atoms with E-state index in [0.29, 0.717) is 47.7 Å². The van der Waals surface area contributed by atoms with Crippen molar-refractivity contribution in [3.63, 3.8) is 0 Å². The van der Waals surface area contributed by atoms with E-state index in [2.05, 4.69) is 48.9 Å². The molecule has 0 aliphatic heterocycles. The van der Waals surface area contributed by atoms with Crippen molar-refractivity contribution in [1.29, 1.82) is 0 Å². The van der Waals surface area contributed by atoms with Gasteiger partial charge in [-0.2, -0.15) is 0 Å². The lowest BCUT2D eigenvalue weighted by molar-refractivity contribution is -0.367. The van der Waals surface area contributed by atoms with Gasteiger partial charge in [-0.15, -0.1) is 0 Å². The predicted molar refractivity (Wildman–Crippen MR) is 250 cm³/mol. The number of fused-ring (bicyclic) bond motifs is 2. The Morgan fingerprint density at radius 1 is 0.516 bits per heavy atom. The summed E-state index contributed by atoms with van der Waals surface area (Å²) < 4.78 is 0. The number of nitrogens with zero attached hydrogens (tertiary/aromatic N) is 4. The summed E-state index contributed by atoms with van der Waals surface area (Å²) in [6.45, 7) is 4.37. The van der Waals surface area contributed by atoms with Crippen LogP contribution in [0, 0.1) is 6.92 Å². The van der Waals surface area contributed by atoms with Crippen molar-refractivity contribution in [3.05, 3.63) is 191 Å². The number of carbonyl (C=O) groups excluding carboxylic acids is 3. The van der Waals surface area contributed by atoms with Crippen LogP contribution in [0.5, 0.6) is 0 Å². The molecule has 9 rings (SSSR count). The fourth-order valence-electron chi connectivity index (χ4n) is 8.25. The Balaban J connectivity index is 0.000000281. The first-order chi connectivity index (χ1) is 31.3. The van der Waals surface area contributed by atoms with Gasteiger partial charge < -0.3 is 26.7 Å². The number of nitrogens with one attached hydrogen (secondary N) is 1. The first kappa shape index (κ1) is 44.6. The van der Waals surface area contributed by atoms with Crippen molar-refractivity contribution in [2.45, 2.75) is 45.4 Å². The highest BCUT2D eigenvalue weighted by Gasteiger charge is 2.23. The fourth-order valence-corrected chi connectivity index (χ4v) is 8.25. The van der Waals surface area contributed by atoms with E-state index >= 15 is 0 Å².